The van der Waals surface area contributed by atoms with E-state index in [-0.39, 0.29) is 26.2 Å². The third-order valence-corrected chi connectivity index (χ3v) is 10.5. The lowest BCUT2D eigenvalue weighted by Gasteiger charge is -2.28. The molecule has 0 fully saturated rings. The molecule has 0 bridgehead atoms. The van der Waals surface area contributed by atoms with Gasteiger partial charge in [0.1, 0.15) is 19.8 Å². The lowest BCUT2D eigenvalue weighted by molar-refractivity contribution is -0.870. The summed E-state index contributed by atoms with van der Waals surface area (Å²) in [6, 6.07) is 0. The molecule has 0 aliphatic heterocycles. The van der Waals surface area contributed by atoms with Gasteiger partial charge < -0.3 is 27.9 Å². The first-order valence-electron chi connectivity index (χ1n) is 22.1. The van der Waals surface area contributed by atoms with Crippen LogP contribution in [0.15, 0.2) is 24.5 Å². The molecule has 0 rings (SSSR count). The highest BCUT2D eigenvalue weighted by Crippen LogP contribution is 2.38. The van der Waals surface area contributed by atoms with Gasteiger partial charge in [0.2, 0.25) is 0 Å². The minimum Gasteiger partial charge on any atom is -0.756 e. The Bertz CT molecular complexity index is 905. The minimum absolute atomic E-state index is 0.00849. The van der Waals surface area contributed by atoms with Gasteiger partial charge in [0, 0.05) is 6.42 Å². The first-order valence-corrected chi connectivity index (χ1v) is 23.6. The van der Waals surface area contributed by atoms with Crippen LogP contribution in [0.4, 0.5) is 0 Å². The molecule has 314 valence electrons. The van der Waals surface area contributed by atoms with E-state index in [1.54, 1.807) is 6.26 Å². The summed E-state index contributed by atoms with van der Waals surface area (Å²) in [5.41, 5.74) is 0. The van der Waals surface area contributed by atoms with Gasteiger partial charge in [-0.1, -0.05) is 174 Å². The summed E-state index contributed by atoms with van der Waals surface area (Å²) in [4.78, 5) is 25.0. The lowest BCUT2D eigenvalue weighted by Crippen LogP contribution is -2.37. The Kier molecular flexibility index (Phi) is 36.9. The van der Waals surface area contributed by atoms with Crippen LogP contribution in [0.2, 0.25) is 0 Å². The van der Waals surface area contributed by atoms with E-state index >= 15 is 0 Å². The topological polar surface area (TPSA) is 94.1 Å². The van der Waals surface area contributed by atoms with Crippen LogP contribution in [-0.4, -0.2) is 64.1 Å². The number of carbonyl (C=O) groups is 1. The quantitative estimate of drug-likeness (QED) is 0.0152. The third-order valence-electron chi connectivity index (χ3n) is 9.58. The summed E-state index contributed by atoms with van der Waals surface area (Å²) in [6.45, 7) is 4.71. The third kappa shape index (κ3) is 41.8. The summed E-state index contributed by atoms with van der Waals surface area (Å²) in [5.74, 6) is -0.403. The molecule has 0 aliphatic carbocycles. The number of unbranched alkanes of at least 4 members (excludes halogenated alkanes) is 25. The molecule has 0 aromatic rings. The fourth-order valence-electron chi connectivity index (χ4n) is 6.12. The number of allylic oxidation sites excluding steroid dienone is 3. The Morgan fingerprint density at radius 2 is 1.00 bits per heavy atom. The monoisotopic (exact) mass is 772 g/mol. The van der Waals surface area contributed by atoms with E-state index < -0.39 is 19.9 Å². The Morgan fingerprint density at radius 1 is 0.585 bits per heavy atom. The van der Waals surface area contributed by atoms with Crippen LogP contribution in [0.3, 0.4) is 0 Å². The predicted molar refractivity (Wildman–Crippen MR) is 222 cm³/mol. The first kappa shape index (κ1) is 51.8. The number of likely N-dealkylation sites (N-methyl/N-ethyl adjacent to an activating group) is 1. The zero-order valence-corrected chi connectivity index (χ0v) is 36.4. The summed E-state index contributed by atoms with van der Waals surface area (Å²) < 4.78 is 34.3. The number of phosphoric ester groups is 1. The van der Waals surface area contributed by atoms with E-state index in [1.165, 1.54) is 154 Å². The SMILES string of the molecule is CCCCCCCCCCCCC/C=C/CCC(=O)O[C@H](CO/C=C/CCCCCCCCCCCCCCCC)COP(=O)([O-])OCC[N+](C)(C)C. The van der Waals surface area contributed by atoms with Crippen molar-refractivity contribution in [3.05, 3.63) is 24.5 Å². The van der Waals surface area contributed by atoms with E-state index in [2.05, 4.69) is 19.9 Å². The number of esters is 1. The summed E-state index contributed by atoms with van der Waals surface area (Å²) in [5, 5.41) is 0. The zero-order chi connectivity index (χ0) is 39.1. The van der Waals surface area contributed by atoms with Crippen molar-refractivity contribution in [3.63, 3.8) is 0 Å². The van der Waals surface area contributed by atoms with Gasteiger partial charge in [-0.15, -0.1) is 0 Å². The molecule has 1 unspecified atom stereocenters. The van der Waals surface area contributed by atoms with Crippen molar-refractivity contribution in [1.82, 2.24) is 0 Å². The highest BCUT2D eigenvalue weighted by Gasteiger charge is 2.20. The number of hydrogen-bond donors (Lipinski definition) is 0. The number of nitrogens with zero attached hydrogens (tertiary/aromatic N) is 1. The van der Waals surface area contributed by atoms with Crippen molar-refractivity contribution in [1.29, 1.82) is 0 Å². The Morgan fingerprint density at radius 3 is 1.45 bits per heavy atom. The van der Waals surface area contributed by atoms with E-state index in [0.717, 1.165) is 19.3 Å². The van der Waals surface area contributed by atoms with Crippen molar-refractivity contribution >= 4 is 13.8 Å². The van der Waals surface area contributed by atoms with Gasteiger partial charge in [-0.05, 0) is 38.2 Å². The van der Waals surface area contributed by atoms with Crippen LogP contribution >= 0.6 is 7.82 Å². The van der Waals surface area contributed by atoms with Crippen molar-refractivity contribution in [3.8, 4) is 0 Å². The zero-order valence-electron chi connectivity index (χ0n) is 35.5. The standard InChI is InChI=1S/C44H86NO7P/c1-6-8-10-12-14-16-18-20-22-24-26-28-30-32-34-36-39-49-41-43(42-51-53(47,48)50-40-38-45(3,4)5)52-44(46)37-35-33-31-29-27-25-23-21-19-17-15-13-11-9-7-2/h31,33,36,39,43H,6-30,32,34-35,37-38,40-42H2,1-5H3/b33-31+,39-36+/t43-/m1/s1. The number of hydrogen-bond acceptors (Lipinski definition) is 7. The molecular formula is C44H86NO7P. The van der Waals surface area contributed by atoms with Crippen molar-refractivity contribution in [2.24, 2.45) is 0 Å². The molecule has 0 saturated heterocycles. The van der Waals surface area contributed by atoms with Crippen molar-refractivity contribution in [2.75, 3.05) is 47.5 Å². The molecule has 0 aromatic carbocycles. The van der Waals surface area contributed by atoms with E-state index in [0.29, 0.717) is 17.4 Å². The molecule has 0 radical (unpaired) electrons. The van der Waals surface area contributed by atoms with Crippen LogP contribution in [0, 0.1) is 0 Å². The molecule has 2 atom stereocenters. The van der Waals surface area contributed by atoms with Crippen LogP contribution in [0.5, 0.6) is 0 Å². The van der Waals surface area contributed by atoms with E-state index in [1.807, 2.05) is 33.3 Å². The van der Waals surface area contributed by atoms with Gasteiger partial charge in [-0.2, -0.15) is 0 Å². The van der Waals surface area contributed by atoms with Crippen molar-refractivity contribution in [2.45, 2.75) is 206 Å². The maximum atomic E-state index is 12.6. The second-order valence-electron chi connectivity index (χ2n) is 16.1. The molecule has 0 saturated carbocycles. The average molecular weight is 772 g/mol. The summed E-state index contributed by atoms with van der Waals surface area (Å²) >= 11 is 0. The molecule has 0 heterocycles. The molecule has 0 aromatic heterocycles. The largest absolute Gasteiger partial charge is 0.756 e. The molecular weight excluding hydrogens is 685 g/mol. The van der Waals surface area contributed by atoms with Gasteiger partial charge >= 0.3 is 5.97 Å². The Labute approximate surface area is 328 Å². The summed E-state index contributed by atoms with van der Waals surface area (Å²) in [7, 11) is 1.31. The Hall–Kier alpha value is -1.18. The van der Waals surface area contributed by atoms with Gasteiger partial charge in [0.05, 0.1) is 34.0 Å². The molecule has 0 spiro atoms. The highest BCUT2D eigenvalue weighted by atomic mass is 31.2. The average Bonchev–Trinajstić information content (AvgIpc) is 3.11. The minimum atomic E-state index is -4.54. The van der Waals surface area contributed by atoms with Crippen LogP contribution < -0.4 is 4.89 Å². The predicted octanol–water partition coefficient (Wildman–Crippen LogP) is 12.5. The summed E-state index contributed by atoms with van der Waals surface area (Å²) in [6.07, 6.45) is 42.9. The first-order chi connectivity index (χ1) is 25.6. The van der Waals surface area contributed by atoms with Crippen LogP contribution in [0.1, 0.15) is 200 Å². The molecule has 53 heavy (non-hydrogen) atoms. The lowest BCUT2D eigenvalue weighted by atomic mass is 10.0. The Balaban J connectivity index is 4.31. The molecule has 9 heteroatoms. The smallest absolute Gasteiger partial charge is 0.306 e. The fraction of sp³-hybridized carbons (Fsp3) is 0.886. The normalized spacial score (nSPS) is 13.9. The molecule has 0 N–H and O–H groups in total. The van der Waals surface area contributed by atoms with Gasteiger partial charge in [-0.25, -0.2) is 0 Å². The van der Waals surface area contributed by atoms with Gasteiger partial charge in [0.15, 0.2) is 6.10 Å². The maximum Gasteiger partial charge on any atom is 0.306 e. The van der Waals surface area contributed by atoms with Gasteiger partial charge in [-0.3, -0.25) is 9.36 Å². The van der Waals surface area contributed by atoms with Crippen LogP contribution in [-0.2, 0) is 27.9 Å². The number of quaternary nitrogens is 1. The second kappa shape index (κ2) is 37.7. The van der Waals surface area contributed by atoms with E-state index in [9.17, 15) is 14.3 Å². The van der Waals surface area contributed by atoms with Crippen LogP contribution in [0.25, 0.3) is 0 Å². The van der Waals surface area contributed by atoms with Gasteiger partial charge in [0.25, 0.3) is 7.82 Å². The highest BCUT2D eigenvalue weighted by molar-refractivity contribution is 7.45. The maximum absolute atomic E-state index is 12.6. The van der Waals surface area contributed by atoms with Crippen molar-refractivity contribution < 1.29 is 37.3 Å². The molecule has 0 aliphatic rings. The molecule has 8 nitrogen and oxygen atoms in total. The second-order valence-corrected chi connectivity index (χ2v) is 17.5. The van der Waals surface area contributed by atoms with E-state index in [4.69, 9.17) is 18.5 Å². The number of rotatable bonds is 41. The number of carbonyl (C=O) groups excluding carboxylic acids is 1. The molecule has 0 amide bonds. The number of ether oxygens (including phenoxy) is 2. The fourth-order valence-corrected chi connectivity index (χ4v) is 6.85. The number of phosphoric acid groups is 1.